The fraction of sp³-hybridized carbons (Fsp3) is 0.0667. The molecule has 0 aliphatic carbocycles. The number of nitrogens with zero attached hydrogens (tertiary/aromatic N) is 1. The highest BCUT2D eigenvalue weighted by atomic mass is 79.9. The summed E-state index contributed by atoms with van der Waals surface area (Å²) in [7, 11) is 0. The number of H-pyrrole nitrogens is 1. The van der Waals surface area contributed by atoms with Gasteiger partial charge < -0.3 is 10.3 Å². The van der Waals surface area contributed by atoms with Crippen molar-refractivity contribution < 1.29 is 4.92 Å². The molecule has 0 spiro atoms. The predicted molar refractivity (Wildman–Crippen MR) is 86.4 cm³/mol. The zero-order valence-electron chi connectivity index (χ0n) is 11.0. The zero-order valence-corrected chi connectivity index (χ0v) is 12.6. The lowest BCUT2D eigenvalue weighted by atomic mass is 10.2. The number of nitro groups is 1. The second-order valence-electron chi connectivity index (χ2n) is 4.68. The minimum atomic E-state index is -0.389. The van der Waals surface area contributed by atoms with E-state index in [4.69, 9.17) is 0 Å². The van der Waals surface area contributed by atoms with E-state index in [0.29, 0.717) is 11.0 Å². The highest BCUT2D eigenvalue weighted by Gasteiger charge is 2.12. The van der Waals surface area contributed by atoms with Gasteiger partial charge in [-0.15, -0.1) is 0 Å². The third-order valence-corrected chi connectivity index (χ3v) is 3.93. The van der Waals surface area contributed by atoms with Crippen LogP contribution in [0.25, 0.3) is 10.9 Å². The van der Waals surface area contributed by atoms with Crippen LogP contribution >= 0.6 is 15.9 Å². The Morgan fingerprint density at radius 2 is 2.05 bits per heavy atom. The smallest absolute Gasteiger partial charge is 0.283 e. The first-order valence-electron chi connectivity index (χ1n) is 6.37. The first kappa shape index (κ1) is 13.6. The molecule has 0 fully saturated rings. The van der Waals surface area contributed by atoms with E-state index in [1.54, 1.807) is 12.1 Å². The quantitative estimate of drug-likeness (QED) is 0.542. The van der Waals surface area contributed by atoms with Gasteiger partial charge in [-0.3, -0.25) is 10.1 Å². The molecule has 0 unspecified atom stereocenters. The van der Waals surface area contributed by atoms with Crippen molar-refractivity contribution >= 4 is 38.2 Å². The topological polar surface area (TPSA) is 71.0 Å². The number of hydrogen-bond acceptors (Lipinski definition) is 3. The van der Waals surface area contributed by atoms with Crippen LogP contribution in [0.1, 0.15) is 5.56 Å². The summed E-state index contributed by atoms with van der Waals surface area (Å²) >= 11 is 3.18. The van der Waals surface area contributed by atoms with Crippen molar-refractivity contribution in [2.75, 3.05) is 5.32 Å². The van der Waals surface area contributed by atoms with E-state index in [9.17, 15) is 10.1 Å². The van der Waals surface area contributed by atoms with Gasteiger partial charge in [0.25, 0.3) is 5.69 Å². The molecule has 0 aliphatic rings. The van der Waals surface area contributed by atoms with Gasteiger partial charge in [0.1, 0.15) is 0 Å². The molecule has 21 heavy (non-hydrogen) atoms. The molecular weight excluding hydrogens is 334 g/mol. The summed E-state index contributed by atoms with van der Waals surface area (Å²) in [4.78, 5) is 13.7. The Bertz CT molecular complexity index is 814. The van der Waals surface area contributed by atoms with Crippen molar-refractivity contribution in [1.82, 2.24) is 4.98 Å². The molecule has 6 heteroatoms. The highest BCUT2D eigenvalue weighted by Crippen LogP contribution is 2.26. The van der Waals surface area contributed by atoms with Crippen LogP contribution in [0.3, 0.4) is 0 Å². The average Bonchev–Trinajstić information content (AvgIpc) is 2.93. The van der Waals surface area contributed by atoms with Gasteiger partial charge in [-0.2, -0.15) is 0 Å². The second kappa shape index (κ2) is 5.57. The molecule has 0 radical (unpaired) electrons. The predicted octanol–water partition coefficient (Wildman–Crippen LogP) is 4.45. The maximum atomic E-state index is 10.9. The normalized spacial score (nSPS) is 10.7. The molecule has 0 amide bonds. The third kappa shape index (κ3) is 2.90. The number of fused-ring (bicyclic) bond motifs is 1. The number of aromatic nitrogens is 1. The third-order valence-electron chi connectivity index (χ3n) is 3.26. The van der Waals surface area contributed by atoms with Gasteiger partial charge in [-0.05, 0) is 51.8 Å². The lowest BCUT2D eigenvalue weighted by Crippen LogP contribution is -2.00. The van der Waals surface area contributed by atoms with Gasteiger partial charge in [0.05, 0.1) is 9.40 Å². The Balaban J connectivity index is 1.77. The molecule has 106 valence electrons. The van der Waals surface area contributed by atoms with Gasteiger partial charge in [-0.1, -0.05) is 6.07 Å². The largest absolute Gasteiger partial charge is 0.381 e. The van der Waals surface area contributed by atoms with Crippen LogP contribution in [0.15, 0.2) is 53.1 Å². The molecule has 3 rings (SSSR count). The van der Waals surface area contributed by atoms with Crippen LogP contribution in [0.4, 0.5) is 11.4 Å². The number of nitrogens with one attached hydrogen (secondary N) is 2. The summed E-state index contributed by atoms with van der Waals surface area (Å²) in [5.74, 6) is 0. The van der Waals surface area contributed by atoms with E-state index in [2.05, 4.69) is 26.2 Å². The minimum absolute atomic E-state index is 0.0791. The molecule has 5 nitrogen and oxygen atoms in total. The number of anilines is 1. The molecule has 1 aromatic heterocycles. The van der Waals surface area contributed by atoms with E-state index in [0.717, 1.165) is 22.2 Å². The number of halogens is 1. The standard InChI is InChI=1S/C15H12BrN3O2/c16-13-3-1-10(7-15(13)19(20)21)9-18-12-2-4-14-11(8-12)5-6-17-14/h1-8,17-18H,9H2. The molecular formula is C15H12BrN3O2. The van der Waals surface area contributed by atoms with Gasteiger partial charge in [-0.25, -0.2) is 0 Å². The Morgan fingerprint density at radius 3 is 2.86 bits per heavy atom. The SMILES string of the molecule is O=[N+]([O-])c1cc(CNc2ccc3[nH]ccc3c2)ccc1Br. The molecule has 2 aromatic carbocycles. The van der Waals surface area contributed by atoms with Crippen LogP contribution in [-0.2, 0) is 6.54 Å². The monoisotopic (exact) mass is 345 g/mol. The zero-order chi connectivity index (χ0) is 14.8. The summed E-state index contributed by atoms with van der Waals surface area (Å²) in [5.41, 5.74) is 3.00. The van der Waals surface area contributed by atoms with Crippen LogP contribution in [-0.4, -0.2) is 9.91 Å². The summed E-state index contributed by atoms with van der Waals surface area (Å²) < 4.78 is 0.491. The van der Waals surface area contributed by atoms with Crippen LogP contribution in [0, 0.1) is 10.1 Å². The van der Waals surface area contributed by atoms with E-state index in [1.165, 1.54) is 0 Å². The molecule has 0 saturated heterocycles. The average molecular weight is 346 g/mol. The Morgan fingerprint density at radius 1 is 1.19 bits per heavy atom. The summed E-state index contributed by atoms with van der Waals surface area (Å²) in [6.45, 7) is 0.532. The Kier molecular flexibility index (Phi) is 3.62. The van der Waals surface area contributed by atoms with Gasteiger partial charge in [0, 0.05) is 35.4 Å². The number of aromatic amines is 1. The lowest BCUT2D eigenvalue weighted by Gasteiger charge is -2.07. The van der Waals surface area contributed by atoms with Crippen molar-refractivity contribution in [3.8, 4) is 0 Å². The maximum absolute atomic E-state index is 10.9. The molecule has 1 heterocycles. The molecule has 2 N–H and O–H groups in total. The molecule has 3 aromatic rings. The van der Waals surface area contributed by atoms with Crippen molar-refractivity contribution in [1.29, 1.82) is 0 Å². The number of rotatable bonds is 4. The molecule has 0 aliphatic heterocycles. The van der Waals surface area contributed by atoms with E-state index in [-0.39, 0.29) is 10.6 Å². The Hall–Kier alpha value is -2.34. The van der Waals surface area contributed by atoms with Crippen molar-refractivity contribution in [2.45, 2.75) is 6.54 Å². The van der Waals surface area contributed by atoms with E-state index < -0.39 is 0 Å². The fourth-order valence-electron chi connectivity index (χ4n) is 2.18. The van der Waals surface area contributed by atoms with Gasteiger partial charge >= 0.3 is 0 Å². The van der Waals surface area contributed by atoms with Crippen molar-refractivity contribution in [3.05, 3.63) is 68.8 Å². The highest BCUT2D eigenvalue weighted by molar-refractivity contribution is 9.10. The first-order valence-corrected chi connectivity index (χ1v) is 7.16. The van der Waals surface area contributed by atoms with E-state index in [1.807, 2.05) is 36.5 Å². The fourth-order valence-corrected chi connectivity index (χ4v) is 2.57. The first-order chi connectivity index (χ1) is 10.1. The molecule has 0 saturated carbocycles. The lowest BCUT2D eigenvalue weighted by molar-refractivity contribution is -0.385. The second-order valence-corrected chi connectivity index (χ2v) is 5.53. The van der Waals surface area contributed by atoms with Crippen molar-refractivity contribution in [2.24, 2.45) is 0 Å². The van der Waals surface area contributed by atoms with Crippen LogP contribution < -0.4 is 5.32 Å². The Labute approximate surface area is 129 Å². The van der Waals surface area contributed by atoms with E-state index >= 15 is 0 Å². The minimum Gasteiger partial charge on any atom is -0.381 e. The maximum Gasteiger partial charge on any atom is 0.283 e. The van der Waals surface area contributed by atoms with Gasteiger partial charge in [0.2, 0.25) is 0 Å². The number of benzene rings is 2. The van der Waals surface area contributed by atoms with Crippen LogP contribution in [0.2, 0.25) is 0 Å². The number of hydrogen-bond donors (Lipinski definition) is 2. The molecule has 0 bridgehead atoms. The summed E-state index contributed by atoms with van der Waals surface area (Å²) in [6, 6.07) is 13.2. The van der Waals surface area contributed by atoms with Gasteiger partial charge in [0.15, 0.2) is 0 Å². The summed E-state index contributed by atoms with van der Waals surface area (Å²) in [6.07, 6.45) is 1.90. The number of nitro benzene ring substituents is 1. The molecule has 0 atom stereocenters. The van der Waals surface area contributed by atoms with Crippen LogP contribution in [0.5, 0.6) is 0 Å². The van der Waals surface area contributed by atoms with Crippen molar-refractivity contribution in [3.63, 3.8) is 0 Å². The summed E-state index contributed by atoms with van der Waals surface area (Å²) in [5, 5.41) is 15.3.